The van der Waals surface area contributed by atoms with Crippen LogP contribution in [-0.2, 0) is 24.7 Å². The molecule has 29 heavy (non-hydrogen) atoms. The lowest BCUT2D eigenvalue weighted by molar-refractivity contribution is -0.136. The normalized spacial score (nSPS) is 22.9. The van der Waals surface area contributed by atoms with Gasteiger partial charge in [-0.2, -0.15) is 5.10 Å². The number of esters is 1. The van der Waals surface area contributed by atoms with Crippen LogP contribution in [0.2, 0.25) is 0 Å². The summed E-state index contributed by atoms with van der Waals surface area (Å²) in [5.41, 5.74) is 3.20. The van der Waals surface area contributed by atoms with Crippen molar-refractivity contribution < 1.29 is 19.1 Å². The summed E-state index contributed by atoms with van der Waals surface area (Å²) in [5, 5.41) is 4.07. The second-order valence-electron chi connectivity index (χ2n) is 6.87. The van der Waals surface area contributed by atoms with Crippen LogP contribution in [0, 0.1) is 12.8 Å². The largest absolute Gasteiger partial charge is 0.461 e. The van der Waals surface area contributed by atoms with Crippen LogP contribution in [-0.4, -0.2) is 30.1 Å². The molecule has 1 N–H and O–H groups in total. The Bertz CT molecular complexity index is 1050. The molecule has 0 radical (unpaired) electrons. The zero-order chi connectivity index (χ0) is 20.8. The fourth-order valence-electron chi connectivity index (χ4n) is 3.76. The maximum absolute atomic E-state index is 13.7. The van der Waals surface area contributed by atoms with E-state index < -0.39 is 29.2 Å². The number of amides is 2. The summed E-state index contributed by atoms with van der Waals surface area (Å²) in [6.07, 6.45) is 0. The summed E-state index contributed by atoms with van der Waals surface area (Å²) in [5.74, 6) is -2.86. The Morgan fingerprint density at radius 3 is 2.55 bits per heavy atom. The molecule has 0 aromatic heterocycles. The first kappa shape index (κ1) is 19.3. The molecule has 2 heterocycles. The Labute approximate surface area is 175 Å². The number of anilines is 1. The lowest BCUT2D eigenvalue weighted by Crippen LogP contribution is -2.48. The number of hydrogen-bond donors (Lipinski definition) is 1. The van der Waals surface area contributed by atoms with E-state index in [2.05, 4.69) is 26.5 Å². The zero-order valence-corrected chi connectivity index (χ0v) is 17.4. The molecule has 2 atom stereocenters. The third-order valence-electron chi connectivity index (χ3n) is 5.15. The van der Waals surface area contributed by atoms with Crippen molar-refractivity contribution in [1.29, 1.82) is 0 Å². The monoisotopic (exact) mass is 455 g/mol. The van der Waals surface area contributed by atoms with Crippen molar-refractivity contribution in [3.63, 3.8) is 0 Å². The second kappa shape index (κ2) is 7.11. The summed E-state index contributed by atoms with van der Waals surface area (Å²) in [6.45, 7) is 3.73. The number of nitrogens with one attached hydrogen (secondary N) is 1. The molecule has 8 heteroatoms. The third-order valence-corrected chi connectivity index (χ3v) is 5.82. The van der Waals surface area contributed by atoms with Gasteiger partial charge in [0.05, 0.1) is 12.3 Å². The van der Waals surface area contributed by atoms with E-state index in [1.54, 1.807) is 43.3 Å². The number of hydrogen-bond acceptors (Lipinski definition) is 6. The Kier molecular flexibility index (Phi) is 4.74. The molecule has 1 saturated heterocycles. The van der Waals surface area contributed by atoms with Crippen LogP contribution in [0.4, 0.5) is 5.69 Å². The van der Waals surface area contributed by atoms with E-state index in [9.17, 15) is 14.4 Å². The second-order valence-corrected chi connectivity index (χ2v) is 7.72. The molecule has 0 aliphatic carbocycles. The van der Waals surface area contributed by atoms with Gasteiger partial charge in [-0.05, 0) is 47.5 Å². The van der Waals surface area contributed by atoms with Crippen LogP contribution < -0.4 is 10.3 Å². The van der Waals surface area contributed by atoms with Crippen LogP contribution in [0.25, 0.3) is 0 Å². The highest BCUT2D eigenvalue weighted by Crippen LogP contribution is 2.46. The summed E-state index contributed by atoms with van der Waals surface area (Å²) in [4.78, 5) is 40.8. The number of hydrazone groups is 1. The third kappa shape index (κ3) is 2.78. The topological polar surface area (TPSA) is 88.1 Å². The van der Waals surface area contributed by atoms with E-state index in [1.807, 2.05) is 19.1 Å². The molecule has 2 aromatic carbocycles. The van der Waals surface area contributed by atoms with Crippen molar-refractivity contribution in [2.75, 3.05) is 11.5 Å². The molecule has 0 saturated carbocycles. The van der Waals surface area contributed by atoms with Gasteiger partial charge in [0.15, 0.2) is 11.3 Å². The van der Waals surface area contributed by atoms with Crippen molar-refractivity contribution in [3.05, 3.63) is 64.1 Å². The molecule has 2 aromatic rings. The number of rotatable bonds is 4. The van der Waals surface area contributed by atoms with Gasteiger partial charge in [0.2, 0.25) is 5.91 Å². The lowest BCUT2D eigenvalue weighted by Gasteiger charge is -2.26. The average Bonchev–Trinajstić information content (AvgIpc) is 3.20. The molecular formula is C21H18BrN3O4. The number of nitrogens with zero attached hydrogens (tertiary/aromatic N) is 2. The van der Waals surface area contributed by atoms with Crippen LogP contribution >= 0.6 is 15.9 Å². The van der Waals surface area contributed by atoms with Crippen molar-refractivity contribution >= 4 is 45.1 Å². The minimum Gasteiger partial charge on any atom is -0.461 e. The maximum Gasteiger partial charge on any atom is 0.355 e. The number of ether oxygens (including phenoxy) is 1. The van der Waals surface area contributed by atoms with Crippen LogP contribution in [0.15, 0.2) is 58.1 Å². The number of halogens is 1. The fourth-order valence-corrected chi connectivity index (χ4v) is 4.22. The number of para-hydroxylation sites is 1. The summed E-state index contributed by atoms with van der Waals surface area (Å²) < 4.78 is 5.67. The van der Waals surface area contributed by atoms with E-state index in [0.717, 1.165) is 10.5 Å². The number of aryl methyl sites for hydroxylation is 1. The van der Waals surface area contributed by atoms with Crippen LogP contribution in [0.3, 0.4) is 0 Å². The predicted octanol–water partition coefficient (Wildman–Crippen LogP) is 2.66. The number of imide groups is 1. The molecule has 0 bridgehead atoms. The molecule has 0 unspecified atom stereocenters. The standard InChI is InChI=1S/C21H18BrN3O4/c1-3-29-19(27)17-16-18(26)25(15-7-5-4-6-14(15)22)20(28)21(16,24-23-17)13-10-8-12(2)9-11-13/h4-11,16,24H,3H2,1-2H3/t16-,21+/m1/s1. The van der Waals surface area contributed by atoms with Gasteiger partial charge in [0.25, 0.3) is 5.91 Å². The van der Waals surface area contributed by atoms with Crippen molar-refractivity contribution in [1.82, 2.24) is 5.43 Å². The van der Waals surface area contributed by atoms with Gasteiger partial charge in [0.1, 0.15) is 5.92 Å². The fraction of sp³-hybridized carbons (Fsp3) is 0.238. The molecule has 4 rings (SSSR count). The highest BCUT2D eigenvalue weighted by Gasteiger charge is 2.67. The zero-order valence-electron chi connectivity index (χ0n) is 15.8. The van der Waals surface area contributed by atoms with Crippen LogP contribution in [0.5, 0.6) is 0 Å². The lowest BCUT2D eigenvalue weighted by atomic mass is 9.78. The highest BCUT2D eigenvalue weighted by atomic mass is 79.9. The minimum absolute atomic E-state index is 0.0969. The average molecular weight is 456 g/mol. The maximum atomic E-state index is 13.7. The van der Waals surface area contributed by atoms with Gasteiger partial charge in [-0.1, -0.05) is 42.0 Å². The molecule has 1 fully saturated rings. The summed E-state index contributed by atoms with van der Waals surface area (Å²) in [7, 11) is 0. The predicted molar refractivity (Wildman–Crippen MR) is 110 cm³/mol. The van der Waals surface area contributed by atoms with Gasteiger partial charge in [0, 0.05) is 4.47 Å². The Morgan fingerprint density at radius 1 is 1.21 bits per heavy atom. The van der Waals surface area contributed by atoms with Crippen molar-refractivity contribution in [2.45, 2.75) is 19.4 Å². The smallest absolute Gasteiger partial charge is 0.355 e. The molecule has 0 spiro atoms. The van der Waals surface area contributed by atoms with E-state index in [0.29, 0.717) is 15.7 Å². The Balaban J connectivity index is 1.89. The van der Waals surface area contributed by atoms with E-state index in [1.165, 1.54) is 0 Å². The first-order chi connectivity index (χ1) is 13.9. The van der Waals surface area contributed by atoms with Gasteiger partial charge < -0.3 is 4.74 Å². The van der Waals surface area contributed by atoms with E-state index >= 15 is 0 Å². The van der Waals surface area contributed by atoms with Crippen molar-refractivity contribution in [3.8, 4) is 0 Å². The summed E-state index contributed by atoms with van der Waals surface area (Å²) in [6, 6.07) is 14.2. The molecule has 2 aliphatic rings. The molecule has 2 amide bonds. The van der Waals surface area contributed by atoms with Gasteiger partial charge in [-0.3, -0.25) is 15.0 Å². The number of fused-ring (bicyclic) bond motifs is 1. The van der Waals surface area contributed by atoms with Gasteiger partial charge >= 0.3 is 5.97 Å². The van der Waals surface area contributed by atoms with E-state index in [4.69, 9.17) is 4.74 Å². The molecule has 2 aliphatic heterocycles. The Hall–Kier alpha value is -3.00. The highest BCUT2D eigenvalue weighted by molar-refractivity contribution is 9.10. The number of benzene rings is 2. The van der Waals surface area contributed by atoms with Gasteiger partial charge in [-0.25, -0.2) is 9.69 Å². The van der Waals surface area contributed by atoms with Crippen LogP contribution in [0.1, 0.15) is 18.1 Å². The van der Waals surface area contributed by atoms with Crippen molar-refractivity contribution in [2.24, 2.45) is 11.0 Å². The Morgan fingerprint density at radius 2 is 1.90 bits per heavy atom. The van der Waals surface area contributed by atoms with E-state index in [-0.39, 0.29) is 12.3 Å². The first-order valence-corrected chi connectivity index (χ1v) is 9.93. The van der Waals surface area contributed by atoms with Gasteiger partial charge in [-0.15, -0.1) is 0 Å². The first-order valence-electron chi connectivity index (χ1n) is 9.13. The summed E-state index contributed by atoms with van der Waals surface area (Å²) >= 11 is 3.41. The molecular weight excluding hydrogens is 438 g/mol. The quantitative estimate of drug-likeness (QED) is 0.565. The minimum atomic E-state index is -1.50. The molecule has 148 valence electrons. The SMILES string of the molecule is CCOC(=O)C1=NN[C@]2(c3ccc(C)cc3)C(=O)N(c3ccccc3Br)C(=O)[C@@H]12. The number of carbonyl (C=O) groups excluding carboxylic acids is 3. The number of carbonyl (C=O) groups is 3. The molecule has 7 nitrogen and oxygen atoms in total.